The first-order chi connectivity index (χ1) is 11.7. The molecule has 0 amide bonds. The summed E-state index contributed by atoms with van der Waals surface area (Å²) in [4.78, 5) is 18.2. The highest BCUT2D eigenvalue weighted by atomic mass is 16.5. The molecule has 0 spiro atoms. The van der Waals surface area contributed by atoms with E-state index < -0.39 is 0 Å². The number of hydrogen-bond acceptors (Lipinski definition) is 6. The van der Waals surface area contributed by atoms with Crippen molar-refractivity contribution in [3.05, 3.63) is 41.9 Å². The summed E-state index contributed by atoms with van der Waals surface area (Å²) in [6.07, 6.45) is 4.83. The zero-order valence-electron chi connectivity index (χ0n) is 14.6. The molecule has 3 rings (SSSR count). The van der Waals surface area contributed by atoms with Crippen LogP contribution in [-0.2, 0) is 13.0 Å². The monoisotopic (exact) mass is 327 g/mol. The third kappa shape index (κ3) is 3.82. The van der Waals surface area contributed by atoms with Crippen LogP contribution in [0.1, 0.15) is 25.1 Å². The quantitative estimate of drug-likeness (QED) is 0.839. The number of piperazine rings is 1. The predicted octanol–water partition coefficient (Wildman–Crippen LogP) is 2.15. The zero-order chi connectivity index (χ0) is 16.9. The number of pyridine rings is 1. The number of hydrogen-bond donors (Lipinski definition) is 0. The van der Waals surface area contributed by atoms with Crippen molar-refractivity contribution in [1.82, 2.24) is 19.9 Å². The fraction of sp³-hybridized carbons (Fsp3) is 0.500. The van der Waals surface area contributed by atoms with Gasteiger partial charge in [-0.25, -0.2) is 15.0 Å². The van der Waals surface area contributed by atoms with E-state index in [1.54, 1.807) is 7.11 Å². The van der Waals surface area contributed by atoms with Gasteiger partial charge in [-0.3, -0.25) is 4.90 Å². The Labute approximate surface area is 143 Å². The molecule has 0 bridgehead atoms. The summed E-state index contributed by atoms with van der Waals surface area (Å²) in [5.41, 5.74) is 2.22. The summed E-state index contributed by atoms with van der Waals surface area (Å²) in [7, 11) is 1.65. The van der Waals surface area contributed by atoms with Gasteiger partial charge in [0.05, 0.1) is 12.8 Å². The molecule has 1 aliphatic rings. The normalized spacial score (nSPS) is 18.6. The lowest BCUT2D eigenvalue weighted by Crippen LogP contribution is -2.52. The van der Waals surface area contributed by atoms with Gasteiger partial charge in [0.1, 0.15) is 0 Å². The number of aromatic nitrogens is 3. The maximum absolute atomic E-state index is 5.21. The van der Waals surface area contributed by atoms with Crippen molar-refractivity contribution in [2.24, 2.45) is 0 Å². The summed E-state index contributed by atoms with van der Waals surface area (Å²) in [5, 5.41) is 0. The van der Waals surface area contributed by atoms with Gasteiger partial charge < -0.3 is 9.64 Å². The highest BCUT2D eigenvalue weighted by Gasteiger charge is 2.25. The van der Waals surface area contributed by atoms with E-state index in [1.165, 1.54) is 5.56 Å². The second-order valence-electron chi connectivity index (χ2n) is 6.18. The molecule has 24 heavy (non-hydrogen) atoms. The topological polar surface area (TPSA) is 54.4 Å². The van der Waals surface area contributed by atoms with Crippen molar-refractivity contribution in [3.63, 3.8) is 0 Å². The molecule has 0 aromatic carbocycles. The van der Waals surface area contributed by atoms with Gasteiger partial charge in [-0.2, -0.15) is 0 Å². The Hall–Kier alpha value is -2.21. The van der Waals surface area contributed by atoms with Gasteiger partial charge in [0.25, 0.3) is 0 Å². The van der Waals surface area contributed by atoms with Crippen LogP contribution < -0.4 is 9.64 Å². The van der Waals surface area contributed by atoms with Crippen molar-refractivity contribution in [2.75, 3.05) is 31.6 Å². The molecule has 0 aliphatic carbocycles. The molecule has 128 valence electrons. The SMILES string of the molecule is CCc1cnc(N2CCN(Cc3cccc(OC)n3)C(C)C2)nc1. The Bertz CT molecular complexity index is 661. The van der Waals surface area contributed by atoms with Crippen LogP contribution in [0.15, 0.2) is 30.6 Å². The van der Waals surface area contributed by atoms with E-state index in [2.05, 4.69) is 38.6 Å². The Morgan fingerprint density at radius 1 is 1.21 bits per heavy atom. The highest BCUT2D eigenvalue weighted by molar-refractivity contribution is 5.31. The summed E-state index contributed by atoms with van der Waals surface area (Å²) in [6.45, 7) is 8.02. The Balaban J connectivity index is 1.62. The van der Waals surface area contributed by atoms with Crippen LogP contribution in [-0.4, -0.2) is 52.6 Å². The van der Waals surface area contributed by atoms with Crippen LogP contribution >= 0.6 is 0 Å². The van der Waals surface area contributed by atoms with Gasteiger partial charge in [-0.05, 0) is 25.0 Å². The maximum atomic E-state index is 5.21. The van der Waals surface area contributed by atoms with Crippen LogP contribution in [0.25, 0.3) is 0 Å². The fourth-order valence-electron chi connectivity index (χ4n) is 2.97. The molecule has 6 heteroatoms. The van der Waals surface area contributed by atoms with Gasteiger partial charge >= 0.3 is 0 Å². The third-order valence-corrected chi connectivity index (χ3v) is 4.50. The van der Waals surface area contributed by atoms with Gasteiger partial charge in [-0.1, -0.05) is 13.0 Å². The summed E-state index contributed by atoms with van der Waals surface area (Å²) < 4.78 is 5.21. The summed E-state index contributed by atoms with van der Waals surface area (Å²) in [5.74, 6) is 1.50. The smallest absolute Gasteiger partial charge is 0.225 e. The molecule has 2 aromatic heterocycles. The standard InChI is InChI=1S/C18H25N5O/c1-4-15-10-19-18(20-11-15)23-9-8-22(14(2)12-23)13-16-6-5-7-17(21-16)24-3/h5-7,10-11,14H,4,8-9,12-13H2,1-3H3. The molecule has 3 heterocycles. The van der Waals surface area contributed by atoms with Crippen molar-refractivity contribution >= 4 is 5.95 Å². The van der Waals surface area contributed by atoms with Gasteiger partial charge in [-0.15, -0.1) is 0 Å². The van der Waals surface area contributed by atoms with E-state index >= 15 is 0 Å². The van der Waals surface area contributed by atoms with E-state index in [4.69, 9.17) is 4.74 Å². The number of nitrogens with zero attached hydrogens (tertiary/aromatic N) is 5. The summed E-state index contributed by atoms with van der Waals surface area (Å²) in [6, 6.07) is 6.34. The van der Waals surface area contributed by atoms with Crippen LogP contribution in [0.5, 0.6) is 5.88 Å². The maximum Gasteiger partial charge on any atom is 0.225 e. The van der Waals surface area contributed by atoms with Gasteiger partial charge in [0.2, 0.25) is 11.8 Å². The van der Waals surface area contributed by atoms with Crippen LogP contribution in [0, 0.1) is 0 Å². The number of anilines is 1. The van der Waals surface area contributed by atoms with Gasteiger partial charge in [0, 0.05) is 50.7 Å². The van der Waals surface area contributed by atoms with Crippen LogP contribution in [0.4, 0.5) is 5.95 Å². The average Bonchev–Trinajstić information content (AvgIpc) is 2.63. The van der Waals surface area contributed by atoms with Crippen molar-refractivity contribution in [3.8, 4) is 5.88 Å². The predicted molar refractivity (Wildman–Crippen MR) is 94.3 cm³/mol. The fourth-order valence-corrected chi connectivity index (χ4v) is 2.97. The Kier molecular flexibility index (Phi) is 5.25. The Morgan fingerprint density at radius 3 is 2.67 bits per heavy atom. The first-order valence-corrected chi connectivity index (χ1v) is 8.49. The van der Waals surface area contributed by atoms with Crippen LogP contribution in [0.3, 0.4) is 0 Å². The molecule has 1 fully saturated rings. The van der Waals surface area contributed by atoms with E-state index in [9.17, 15) is 0 Å². The van der Waals surface area contributed by atoms with Crippen molar-refractivity contribution < 1.29 is 4.74 Å². The van der Waals surface area contributed by atoms with E-state index in [0.29, 0.717) is 11.9 Å². The minimum Gasteiger partial charge on any atom is -0.481 e. The lowest BCUT2D eigenvalue weighted by molar-refractivity contribution is 0.177. The number of aryl methyl sites for hydroxylation is 1. The molecule has 2 aromatic rings. The van der Waals surface area contributed by atoms with E-state index in [0.717, 1.165) is 44.2 Å². The van der Waals surface area contributed by atoms with E-state index in [-0.39, 0.29) is 0 Å². The minimum atomic E-state index is 0.418. The largest absolute Gasteiger partial charge is 0.481 e. The van der Waals surface area contributed by atoms with Crippen molar-refractivity contribution in [2.45, 2.75) is 32.9 Å². The van der Waals surface area contributed by atoms with Gasteiger partial charge in [0.15, 0.2) is 0 Å². The molecule has 1 atom stereocenters. The summed E-state index contributed by atoms with van der Waals surface area (Å²) >= 11 is 0. The molecule has 0 saturated carbocycles. The zero-order valence-corrected chi connectivity index (χ0v) is 14.6. The van der Waals surface area contributed by atoms with Crippen LogP contribution in [0.2, 0.25) is 0 Å². The number of methoxy groups -OCH3 is 1. The number of ether oxygens (including phenoxy) is 1. The lowest BCUT2D eigenvalue weighted by Gasteiger charge is -2.39. The molecular formula is C18H25N5O. The highest BCUT2D eigenvalue weighted by Crippen LogP contribution is 2.18. The second kappa shape index (κ2) is 7.57. The molecule has 1 saturated heterocycles. The molecule has 1 unspecified atom stereocenters. The third-order valence-electron chi connectivity index (χ3n) is 4.50. The molecule has 0 radical (unpaired) electrons. The molecule has 6 nitrogen and oxygen atoms in total. The first-order valence-electron chi connectivity index (χ1n) is 8.49. The number of rotatable bonds is 5. The van der Waals surface area contributed by atoms with E-state index in [1.807, 2.05) is 30.6 Å². The minimum absolute atomic E-state index is 0.418. The Morgan fingerprint density at radius 2 is 2.00 bits per heavy atom. The average molecular weight is 327 g/mol. The van der Waals surface area contributed by atoms with Crippen molar-refractivity contribution in [1.29, 1.82) is 0 Å². The first kappa shape index (κ1) is 16.6. The molecule has 1 aliphatic heterocycles. The lowest BCUT2D eigenvalue weighted by atomic mass is 10.2. The molecule has 0 N–H and O–H groups in total. The molecular weight excluding hydrogens is 302 g/mol. The second-order valence-corrected chi connectivity index (χ2v) is 6.18.